The zero-order valence-electron chi connectivity index (χ0n) is 10.5. The number of amides is 1. The molecule has 0 radical (unpaired) electrons. The van der Waals surface area contributed by atoms with Gasteiger partial charge in [0, 0.05) is 6.54 Å². The Kier molecular flexibility index (Phi) is 3.43. The highest BCUT2D eigenvalue weighted by atomic mass is 16.5. The number of carbonyl (C=O) groups is 1. The Labute approximate surface area is 106 Å². The molecule has 1 aromatic carbocycles. The summed E-state index contributed by atoms with van der Waals surface area (Å²) < 4.78 is 5.45. The summed E-state index contributed by atoms with van der Waals surface area (Å²) in [5.74, 6) is -0.444. The normalized spacial score (nSPS) is 24.0. The number of phenolic OH excluding ortho intramolecular Hbond substituents is 2. The number of nitrogens with zero attached hydrogens (tertiary/aromatic N) is 1. The van der Waals surface area contributed by atoms with Crippen molar-refractivity contribution in [3.8, 4) is 11.5 Å². The van der Waals surface area contributed by atoms with Crippen molar-refractivity contribution in [3.63, 3.8) is 0 Å². The first-order valence-electron chi connectivity index (χ1n) is 5.93. The predicted octanol–water partition coefficient (Wildman–Crippen LogP) is 1.35. The summed E-state index contributed by atoms with van der Waals surface area (Å²) >= 11 is 0. The fourth-order valence-corrected chi connectivity index (χ4v) is 2.04. The van der Waals surface area contributed by atoms with Gasteiger partial charge >= 0.3 is 0 Å². The summed E-state index contributed by atoms with van der Waals surface area (Å²) in [6.45, 7) is 4.75. The molecule has 5 heteroatoms. The topological polar surface area (TPSA) is 70.0 Å². The highest BCUT2D eigenvalue weighted by molar-refractivity contribution is 5.97. The molecule has 2 unspecified atom stereocenters. The minimum Gasteiger partial charge on any atom is -0.508 e. The van der Waals surface area contributed by atoms with Crippen molar-refractivity contribution in [2.75, 3.05) is 13.2 Å². The van der Waals surface area contributed by atoms with Crippen LogP contribution in [-0.2, 0) is 4.74 Å². The van der Waals surface area contributed by atoms with Crippen LogP contribution in [0, 0.1) is 0 Å². The highest BCUT2D eigenvalue weighted by Crippen LogP contribution is 2.25. The quantitative estimate of drug-likeness (QED) is 0.739. The molecule has 0 spiro atoms. The third kappa shape index (κ3) is 2.41. The molecule has 0 bridgehead atoms. The van der Waals surface area contributed by atoms with Crippen molar-refractivity contribution in [2.45, 2.75) is 26.0 Å². The molecule has 1 fully saturated rings. The van der Waals surface area contributed by atoms with Crippen LogP contribution < -0.4 is 0 Å². The average molecular weight is 251 g/mol. The molecule has 0 aliphatic carbocycles. The van der Waals surface area contributed by atoms with Crippen LogP contribution in [0.2, 0.25) is 0 Å². The van der Waals surface area contributed by atoms with Crippen LogP contribution in [0.3, 0.4) is 0 Å². The molecule has 1 heterocycles. The van der Waals surface area contributed by atoms with Crippen LogP contribution in [0.15, 0.2) is 18.2 Å². The average Bonchev–Trinajstić information content (AvgIpc) is 2.34. The molecule has 1 aliphatic rings. The zero-order valence-corrected chi connectivity index (χ0v) is 10.5. The van der Waals surface area contributed by atoms with Crippen molar-refractivity contribution >= 4 is 5.91 Å². The minimum atomic E-state index is -0.286. The maximum absolute atomic E-state index is 12.3. The monoisotopic (exact) mass is 251 g/mol. The van der Waals surface area contributed by atoms with E-state index in [1.54, 1.807) is 4.90 Å². The Morgan fingerprint density at radius 1 is 1.39 bits per heavy atom. The largest absolute Gasteiger partial charge is 0.508 e. The molecule has 1 amide bonds. The van der Waals surface area contributed by atoms with Crippen molar-refractivity contribution in [1.29, 1.82) is 0 Å². The Hall–Kier alpha value is -1.75. The van der Waals surface area contributed by atoms with E-state index in [-0.39, 0.29) is 35.1 Å². The summed E-state index contributed by atoms with van der Waals surface area (Å²) in [5, 5.41) is 19.1. The number of hydrogen-bond acceptors (Lipinski definition) is 4. The zero-order chi connectivity index (χ0) is 13.3. The van der Waals surface area contributed by atoms with Gasteiger partial charge < -0.3 is 19.8 Å². The van der Waals surface area contributed by atoms with Gasteiger partial charge in [0.25, 0.3) is 5.91 Å². The number of morpholine rings is 1. The third-order valence-corrected chi connectivity index (χ3v) is 3.08. The molecule has 2 rings (SSSR count). The number of aromatic hydroxyl groups is 2. The molecule has 1 saturated heterocycles. The van der Waals surface area contributed by atoms with E-state index in [0.717, 1.165) is 0 Å². The van der Waals surface area contributed by atoms with E-state index in [1.165, 1.54) is 18.2 Å². The summed E-state index contributed by atoms with van der Waals surface area (Å²) in [6, 6.07) is 3.90. The Bertz CT molecular complexity index is 460. The second-order valence-corrected chi connectivity index (χ2v) is 4.65. The van der Waals surface area contributed by atoms with Crippen LogP contribution in [0.5, 0.6) is 11.5 Å². The van der Waals surface area contributed by atoms with Gasteiger partial charge in [-0.15, -0.1) is 0 Å². The first-order valence-corrected chi connectivity index (χ1v) is 5.93. The number of hydrogen-bond donors (Lipinski definition) is 2. The van der Waals surface area contributed by atoms with Gasteiger partial charge in [0.1, 0.15) is 11.5 Å². The van der Waals surface area contributed by atoms with E-state index >= 15 is 0 Å². The Morgan fingerprint density at radius 2 is 2.11 bits per heavy atom. The van der Waals surface area contributed by atoms with Crippen LogP contribution in [0.25, 0.3) is 0 Å². The predicted molar refractivity (Wildman–Crippen MR) is 65.7 cm³/mol. The van der Waals surface area contributed by atoms with E-state index < -0.39 is 0 Å². The number of carbonyl (C=O) groups excluding carboxylic acids is 1. The van der Waals surface area contributed by atoms with Gasteiger partial charge in [-0.25, -0.2) is 0 Å². The summed E-state index contributed by atoms with van der Waals surface area (Å²) in [6.07, 6.45) is -0.0235. The maximum Gasteiger partial charge on any atom is 0.258 e. The molecule has 18 heavy (non-hydrogen) atoms. The van der Waals surface area contributed by atoms with E-state index in [9.17, 15) is 15.0 Å². The van der Waals surface area contributed by atoms with Crippen LogP contribution in [0.1, 0.15) is 24.2 Å². The molecule has 1 aromatic rings. The standard InChI is InChI=1S/C13H17NO4/c1-8-7-18-9(2)6-14(8)13(17)11-5-10(15)3-4-12(11)16/h3-5,8-9,15-16H,6-7H2,1-2H3. The fraction of sp³-hybridized carbons (Fsp3) is 0.462. The van der Waals surface area contributed by atoms with Gasteiger partial charge in [-0.3, -0.25) is 4.79 Å². The number of benzene rings is 1. The van der Waals surface area contributed by atoms with Crippen molar-refractivity contribution in [1.82, 2.24) is 4.90 Å². The van der Waals surface area contributed by atoms with Crippen molar-refractivity contribution in [2.24, 2.45) is 0 Å². The van der Waals surface area contributed by atoms with Crippen molar-refractivity contribution < 1.29 is 19.7 Å². The van der Waals surface area contributed by atoms with E-state index in [1.807, 2.05) is 13.8 Å². The Morgan fingerprint density at radius 3 is 2.83 bits per heavy atom. The molecule has 1 aliphatic heterocycles. The fourth-order valence-electron chi connectivity index (χ4n) is 2.04. The Balaban J connectivity index is 2.27. The summed E-state index contributed by atoms with van der Waals surface area (Å²) in [7, 11) is 0. The molecule has 5 nitrogen and oxygen atoms in total. The van der Waals surface area contributed by atoms with Gasteiger partial charge in [0.15, 0.2) is 0 Å². The number of ether oxygens (including phenoxy) is 1. The third-order valence-electron chi connectivity index (χ3n) is 3.08. The maximum atomic E-state index is 12.3. The molecule has 2 atom stereocenters. The molecule has 98 valence electrons. The van der Waals surface area contributed by atoms with E-state index in [0.29, 0.717) is 13.2 Å². The SMILES string of the molecule is CC1CN(C(=O)c2cc(O)ccc2O)C(C)CO1. The van der Waals surface area contributed by atoms with Crippen molar-refractivity contribution in [3.05, 3.63) is 23.8 Å². The second-order valence-electron chi connectivity index (χ2n) is 4.65. The summed E-state index contributed by atoms with van der Waals surface area (Å²) in [4.78, 5) is 14.0. The molecule has 0 aromatic heterocycles. The van der Waals surface area contributed by atoms with E-state index in [2.05, 4.69) is 0 Å². The van der Waals surface area contributed by atoms with E-state index in [4.69, 9.17) is 4.74 Å². The van der Waals surface area contributed by atoms with Gasteiger partial charge in [0.05, 0.1) is 24.3 Å². The van der Waals surface area contributed by atoms with Gasteiger partial charge in [-0.05, 0) is 32.0 Å². The van der Waals surface area contributed by atoms with Crippen LogP contribution in [0.4, 0.5) is 0 Å². The lowest BCUT2D eigenvalue weighted by molar-refractivity contribution is -0.0388. The molecule has 2 N–H and O–H groups in total. The summed E-state index contributed by atoms with van der Waals surface area (Å²) in [5.41, 5.74) is 0.121. The van der Waals surface area contributed by atoms with Gasteiger partial charge in [-0.2, -0.15) is 0 Å². The lowest BCUT2D eigenvalue weighted by atomic mass is 10.1. The minimum absolute atomic E-state index is 0.0235. The van der Waals surface area contributed by atoms with Gasteiger partial charge in [-0.1, -0.05) is 0 Å². The first-order chi connectivity index (χ1) is 8.49. The lowest BCUT2D eigenvalue weighted by Gasteiger charge is -2.36. The molecule has 0 saturated carbocycles. The number of rotatable bonds is 1. The van der Waals surface area contributed by atoms with Gasteiger partial charge in [0.2, 0.25) is 0 Å². The smallest absolute Gasteiger partial charge is 0.258 e. The number of phenols is 2. The highest BCUT2D eigenvalue weighted by Gasteiger charge is 2.29. The second kappa shape index (κ2) is 4.86. The van der Waals surface area contributed by atoms with Crippen LogP contribution >= 0.6 is 0 Å². The lowest BCUT2D eigenvalue weighted by Crippen LogP contribution is -2.50. The molecular weight excluding hydrogens is 234 g/mol. The first kappa shape index (κ1) is 12.7. The van der Waals surface area contributed by atoms with Crippen LogP contribution in [-0.4, -0.2) is 46.3 Å². The molecular formula is C13H17NO4.